The minimum absolute atomic E-state index is 0.686. The molecule has 0 aliphatic rings. The zero-order valence-electron chi connectivity index (χ0n) is 10.9. The highest BCUT2D eigenvalue weighted by atomic mass is 32.2. The molecule has 2 nitrogen and oxygen atoms in total. The summed E-state index contributed by atoms with van der Waals surface area (Å²) in [6.07, 6.45) is 3.16. The fraction of sp³-hybridized carbons (Fsp3) is 0.571. The van der Waals surface area contributed by atoms with Crippen molar-refractivity contribution >= 4 is 10.8 Å². The summed E-state index contributed by atoms with van der Waals surface area (Å²) in [6.45, 7) is 4.91. The van der Waals surface area contributed by atoms with E-state index in [1.54, 1.807) is 0 Å². The van der Waals surface area contributed by atoms with E-state index in [9.17, 15) is 4.21 Å². The summed E-state index contributed by atoms with van der Waals surface area (Å²) in [5, 5.41) is 0. The highest BCUT2D eigenvalue weighted by Gasteiger charge is 2.03. The summed E-state index contributed by atoms with van der Waals surface area (Å²) < 4.78 is 11.9. The van der Waals surface area contributed by atoms with E-state index in [0.29, 0.717) is 5.75 Å². The molecule has 1 atom stereocenters. The standard InChI is InChI=1S/C14H23NOS/c1-12-8-13(2)10-14(9-12)11-17(16)7-5-3-4-6-15/h8-10H,3-7,11,15H2,1-2H3. The predicted molar refractivity (Wildman–Crippen MR) is 75.5 cm³/mol. The first-order valence-electron chi connectivity index (χ1n) is 6.24. The molecule has 3 heteroatoms. The van der Waals surface area contributed by atoms with Gasteiger partial charge in [-0.2, -0.15) is 0 Å². The van der Waals surface area contributed by atoms with E-state index in [2.05, 4.69) is 32.0 Å². The molecule has 1 aromatic carbocycles. The van der Waals surface area contributed by atoms with Crippen LogP contribution in [-0.4, -0.2) is 16.5 Å². The van der Waals surface area contributed by atoms with Gasteiger partial charge in [0.2, 0.25) is 0 Å². The summed E-state index contributed by atoms with van der Waals surface area (Å²) in [5.74, 6) is 1.48. The summed E-state index contributed by atoms with van der Waals surface area (Å²) in [6, 6.07) is 6.41. The third-order valence-electron chi connectivity index (χ3n) is 2.69. The zero-order valence-corrected chi connectivity index (χ0v) is 11.7. The Morgan fingerprint density at radius 2 is 1.71 bits per heavy atom. The van der Waals surface area contributed by atoms with Crippen LogP contribution in [0.5, 0.6) is 0 Å². The number of nitrogens with two attached hydrogens (primary N) is 1. The summed E-state index contributed by atoms with van der Waals surface area (Å²) in [5.41, 5.74) is 9.12. The van der Waals surface area contributed by atoms with Crippen molar-refractivity contribution < 1.29 is 4.21 Å². The third-order valence-corrected chi connectivity index (χ3v) is 4.08. The fourth-order valence-corrected chi connectivity index (χ4v) is 3.20. The van der Waals surface area contributed by atoms with Gasteiger partial charge in [0.05, 0.1) is 0 Å². The monoisotopic (exact) mass is 253 g/mol. The molecular formula is C14H23NOS. The quantitative estimate of drug-likeness (QED) is 0.759. The first-order chi connectivity index (χ1) is 8.11. The van der Waals surface area contributed by atoms with Crippen LogP contribution in [0.15, 0.2) is 18.2 Å². The predicted octanol–water partition coefficient (Wildman–Crippen LogP) is 2.68. The van der Waals surface area contributed by atoms with Crippen LogP contribution < -0.4 is 5.73 Å². The summed E-state index contributed by atoms with van der Waals surface area (Å²) in [7, 11) is -0.732. The van der Waals surface area contributed by atoms with Crippen molar-refractivity contribution in [2.75, 3.05) is 12.3 Å². The van der Waals surface area contributed by atoms with Gasteiger partial charge in [-0.15, -0.1) is 0 Å². The molecule has 0 bridgehead atoms. The Morgan fingerprint density at radius 1 is 1.06 bits per heavy atom. The maximum atomic E-state index is 11.9. The molecule has 1 aromatic rings. The number of aryl methyl sites for hydroxylation is 2. The van der Waals surface area contributed by atoms with Crippen LogP contribution in [0.2, 0.25) is 0 Å². The molecule has 0 amide bonds. The van der Waals surface area contributed by atoms with Crippen molar-refractivity contribution in [2.24, 2.45) is 5.73 Å². The van der Waals surface area contributed by atoms with E-state index < -0.39 is 10.8 Å². The third kappa shape index (κ3) is 5.99. The van der Waals surface area contributed by atoms with Crippen molar-refractivity contribution in [2.45, 2.75) is 38.9 Å². The molecule has 0 spiro atoms. The molecule has 1 unspecified atom stereocenters. The molecule has 0 heterocycles. The van der Waals surface area contributed by atoms with Gasteiger partial charge in [-0.25, -0.2) is 0 Å². The van der Waals surface area contributed by atoms with Gasteiger partial charge in [-0.05, 0) is 38.8 Å². The Labute approximate surface area is 107 Å². The van der Waals surface area contributed by atoms with Crippen LogP contribution in [0, 0.1) is 13.8 Å². The lowest BCUT2D eigenvalue weighted by Crippen LogP contribution is -2.03. The van der Waals surface area contributed by atoms with Crippen LogP contribution in [-0.2, 0) is 16.6 Å². The van der Waals surface area contributed by atoms with Crippen molar-refractivity contribution in [3.8, 4) is 0 Å². The van der Waals surface area contributed by atoms with Gasteiger partial charge in [-0.1, -0.05) is 35.7 Å². The Balaban J connectivity index is 2.39. The molecule has 0 aromatic heterocycles. The number of unbranched alkanes of at least 4 members (excludes halogenated alkanes) is 2. The van der Waals surface area contributed by atoms with Gasteiger partial charge in [0.25, 0.3) is 0 Å². The molecule has 1 rings (SSSR count). The number of rotatable bonds is 7. The number of benzene rings is 1. The topological polar surface area (TPSA) is 43.1 Å². The fourth-order valence-electron chi connectivity index (χ4n) is 1.99. The van der Waals surface area contributed by atoms with E-state index in [1.165, 1.54) is 16.7 Å². The SMILES string of the molecule is Cc1cc(C)cc(CS(=O)CCCCCN)c1. The highest BCUT2D eigenvalue weighted by molar-refractivity contribution is 7.84. The number of hydrogen-bond donors (Lipinski definition) is 1. The second kappa shape index (κ2) is 7.62. The molecule has 2 N–H and O–H groups in total. The van der Waals surface area contributed by atoms with E-state index in [-0.39, 0.29) is 0 Å². The van der Waals surface area contributed by atoms with Crippen molar-refractivity contribution in [3.63, 3.8) is 0 Å². The van der Waals surface area contributed by atoms with Gasteiger partial charge < -0.3 is 5.73 Å². The van der Waals surface area contributed by atoms with Crippen LogP contribution >= 0.6 is 0 Å². The molecule has 96 valence electrons. The van der Waals surface area contributed by atoms with Crippen molar-refractivity contribution in [1.82, 2.24) is 0 Å². The average molecular weight is 253 g/mol. The largest absolute Gasteiger partial charge is 0.330 e. The van der Waals surface area contributed by atoms with Crippen LogP contribution in [0.4, 0.5) is 0 Å². The van der Waals surface area contributed by atoms with Gasteiger partial charge >= 0.3 is 0 Å². The van der Waals surface area contributed by atoms with Gasteiger partial charge in [-0.3, -0.25) is 4.21 Å². The van der Waals surface area contributed by atoms with Crippen molar-refractivity contribution in [1.29, 1.82) is 0 Å². The lowest BCUT2D eigenvalue weighted by Gasteiger charge is -2.05. The van der Waals surface area contributed by atoms with E-state index in [4.69, 9.17) is 5.73 Å². The molecule has 0 saturated carbocycles. The first kappa shape index (κ1) is 14.4. The normalized spacial score (nSPS) is 12.6. The first-order valence-corrected chi connectivity index (χ1v) is 7.73. The van der Waals surface area contributed by atoms with E-state index >= 15 is 0 Å². The van der Waals surface area contributed by atoms with Crippen LogP contribution in [0.1, 0.15) is 36.0 Å². The Hall–Kier alpha value is -0.670. The smallest absolute Gasteiger partial charge is 0.0485 e. The van der Waals surface area contributed by atoms with E-state index in [0.717, 1.165) is 31.6 Å². The molecule has 0 aliphatic heterocycles. The van der Waals surface area contributed by atoms with Crippen molar-refractivity contribution in [3.05, 3.63) is 34.9 Å². The van der Waals surface area contributed by atoms with Crippen LogP contribution in [0.25, 0.3) is 0 Å². The molecule has 17 heavy (non-hydrogen) atoms. The molecule has 0 fully saturated rings. The van der Waals surface area contributed by atoms with Gasteiger partial charge in [0.15, 0.2) is 0 Å². The average Bonchev–Trinajstić information content (AvgIpc) is 2.23. The van der Waals surface area contributed by atoms with Gasteiger partial charge in [0.1, 0.15) is 0 Å². The van der Waals surface area contributed by atoms with Crippen LogP contribution in [0.3, 0.4) is 0 Å². The number of hydrogen-bond acceptors (Lipinski definition) is 2. The maximum Gasteiger partial charge on any atom is 0.0485 e. The van der Waals surface area contributed by atoms with E-state index in [1.807, 2.05) is 0 Å². The second-order valence-corrected chi connectivity index (χ2v) is 6.21. The molecular weight excluding hydrogens is 230 g/mol. The maximum absolute atomic E-state index is 11.9. The Kier molecular flexibility index (Phi) is 6.45. The highest BCUT2D eigenvalue weighted by Crippen LogP contribution is 2.11. The second-order valence-electron chi connectivity index (χ2n) is 4.63. The Bertz CT molecular complexity index is 356. The Morgan fingerprint density at radius 3 is 2.29 bits per heavy atom. The minimum atomic E-state index is -0.732. The lowest BCUT2D eigenvalue weighted by atomic mass is 10.1. The molecule has 0 saturated heterocycles. The zero-order chi connectivity index (χ0) is 12.7. The summed E-state index contributed by atoms with van der Waals surface area (Å²) >= 11 is 0. The minimum Gasteiger partial charge on any atom is -0.330 e. The molecule has 0 aliphatic carbocycles. The van der Waals surface area contributed by atoms with Gasteiger partial charge in [0, 0.05) is 22.3 Å². The molecule has 0 radical (unpaired) electrons. The summed E-state index contributed by atoms with van der Waals surface area (Å²) in [4.78, 5) is 0. The lowest BCUT2D eigenvalue weighted by molar-refractivity contribution is 0.672.